The van der Waals surface area contributed by atoms with Gasteiger partial charge in [0.1, 0.15) is 0 Å². The Bertz CT molecular complexity index is 1550. The van der Waals surface area contributed by atoms with Crippen molar-refractivity contribution in [3.05, 3.63) is 163 Å². The van der Waals surface area contributed by atoms with Crippen LogP contribution >= 0.6 is 0 Å². The van der Waals surface area contributed by atoms with Crippen LogP contribution in [-0.2, 0) is 0 Å². The zero-order chi connectivity index (χ0) is 27.7. The summed E-state index contributed by atoms with van der Waals surface area (Å²) >= 11 is 0. The lowest BCUT2D eigenvalue weighted by Gasteiger charge is -2.25. The molecule has 40 heavy (non-hydrogen) atoms. The summed E-state index contributed by atoms with van der Waals surface area (Å²) in [5.41, 5.74) is 22.7. The van der Waals surface area contributed by atoms with Crippen LogP contribution in [0.25, 0.3) is 22.3 Å². The topological polar surface area (TPSA) is 55.3 Å². The fourth-order valence-corrected chi connectivity index (χ4v) is 4.71. The lowest BCUT2D eigenvalue weighted by atomic mass is 9.93. The van der Waals surface area contributed by atoms with E-state index < -0.39 is 0 Å². The SMILES string of the molecule is Cc1cccc(-c2cc(N)ccc2-c2ccc(N)cc2)c1.c1ccc(N(c2ccccc2)c2ccccc2)cc1. The number of rotatable bonds is 5. The quantitative estimate of drug-likeness (QED) is 0.223. The molecular weight excluding hydrogens is 486 g/mol. The van der Waals surface area contributed by atoms with E-state index in [1.807, 2.05) is 54.6 Å². The molecule has 6 aromatic rings. The lowest BCUT2D eigenvalue weighted by Crippen LogP contribution is -2.09. The van der Waals surface area contributed by atoms with Crippen molar-refractivity contribution < 1.29 is 0 Å². The van der Waals surface area contributed by atoms with E-state index >= 15 is 0 Å². The molecule has 0 unspecified atom stereocenters. The number of para-hydroxylation sites is 3. The first-order chi connectivity index (χ1) is 19.6. The van der Waals surface area contributed by atoms with Gasteiger partial charge in [0.15, 0.2) is 0 Å². The first-order valence-corrected chi connectivity index (χ1v) is 13.4. The van der Waals surface area contributed by atoms with Crippen LogP contribution in [0.4, 0.5) is 28.4 Å². The van der Waals surface area contributed by atoms with Gasteiger partial charge in [-0.1, -0.05) is 103 Å². The highest BCUT2D eigenvalue weighted by molar-refractivity contribution is 5.86. The van der Waals surface area contributed by atoms with Crippen LogP contribution in [0.2, 0.25) is 0 Å². The number of anilines is 5. The van der Waals surface area contributed by atoms with Crippen LogP contribution in [0.5, 0.6) is 0 Å². The van der Waals surface area contributed by atoms with Gasteiger partial charge in [-0.05, 0) is 89.8 Å². The maximum absolute atomic E-state index is 5.99. The first kappa shape index (κ1) is 26.3. The molecule has 0 saturated heterocycles. The smallest absolute Gasteiger partial charge is 0.0461 e. The summed E-state index contributed by atoms with van der Waals surface area (Å²) < 4.78 is 0. The Labute approximate surface area is 237 Å². The molecular formula is C37H33N3. The van der Waals surface area contributed by atoms with Crippen molar-refractivity contribution in [2.45, 2.75) is 6.92 Å². The average Bonchev–Trinajstić information content (AvgIpc) is 3.00. The molecule has 0 saturated carbocycles. The van der Waals surface area contributed by atoms with Crippen LogP contribution in [-0.4, -0.2) is 0 Å². The maximum atomic E-state index is 5.99. The van der Waals surface area contributed by atoms with E-state index in [0.717, 1.165) is 28.1 Å². The number of hydrogen-bond acceptors (Lipinski definition) is 3. The molecule has 0 atom stereocenters. The fourth-order valence-electron chi connectivity index (χ4n) is 4.71. The van der Waals surface area contributed by atoms with Crippen LogP contribution in [0, 0.1) is 6.92 Å². The standard InChI is InChI=1S/C19H18N2.C18H15N/c1-13-3-2-4-15(11-13)19-12-17(21)9-10-18(19)14-5-7-16(20)8-6-14;1-4-10-16(11-5-1)19(17-12-6-2-7-13-17)18-14-8-3-9-15-18/h2-12H,20-21H2,1H3;1-15H. The van der Waals surface area contributed by atoms with Gasteiger partial charge in [-0.15, -0.1) is 0 Å². The van der Waals surface area contributed by atoms with Gasteiger partial charge in [0.2, 0.25) is 0 Å². The number of hydrogen-bond donors (Lipinski definition) is 2. The van der Waals surface area contributed by atoms with Crippen molar-refractivity contribution in [2.24, 2.45) is 0 Å². The van der Waals surface area contributed by atoms with Gasteiger partial charge in [-0.25, -0.2) is 0 Å². The Morgan fingerprint density at radius 3 is 1.40 bits per heavy atom. The van der Waals surface area contributed by atoms with Crippen molar-refractivity contribution in [3.63, 3.8) is 0 Å². The highest BCUT2D eigenvalue weighted by Gasteiger charge is 2.11. The third kappa shape index (κ3) is 6.40. The second-order valence-corrected chi connectivity index (χ2v) is 9.64. The normalized spacial score (nSPS) is 10.3. The number of nitrogens with zero attached hydrogens (tertiary/aromatic N) is 1. The highest BCUT2D eigenvalue weighted by atomic mass is 15.1. The first-order valence-electron chi connectivity index (χ1n) is 13.4. The molecule has 6 rings (SSSR count). The molecule has 0 aliphatic carbocycles. The Morgan fingerprint density at radius 2 is 0.900 bits per heavy atom. The second kappa shape index (κ2) is 12.5. The molecule has 0 amide bonds. The summed E-state index contributed by atoms with van der Waals surface area (Å²) in [5.74, 6) is 0. The summed E-state index contributed by atoms with van der Waals surface area (Å²) in [6.45, 7) is 2.10. The van der Waals surface area contributed by atoms with Crippen molar-refractivity contribution in [2.75, 3.05) is 16.4 Å². The molecule has 196 valence electrons. The molecule has 4 N–H and O–H groups in total. The van der Waals surface area contributed by atoms with Gasteiger partial charge in [-0.2, -0.15) is 0 Å². The highest BCUT2D eigenvalue weighted by Crippen LogP contribution is 2.35. The van der Waals surface area contributed by atoms with Gasteiger partial charge in [0, 0.05) is 28.4 Å². The predicted octanol–water partition coefficient (Wildman–Crippen LogP) is 9.65. The minimum absolute atomic E-state index is 0.769. The van der Waals surface area contributed by atoms with Crippen LogP contribution in [0.3, 0.4) is 0 Å². The van der Waals surface area contributed by atoms with Crippen LogP contribution < -0.4 is 16.4 Å². The minimum Gasteiger partial charge on any atom is -0.399 e. The third-order valence-corrected chi connectivity index (χ3v) is 6.64. The van der Waals surface area contributed by atoms with Crippen molar-refractivity contribution in [1.29, 1.82) is 0 Å². The van der Waals surface area contributed by atoms with E-state index in [1.165, 1.54) is 28.2 Å². The van der Waals surface area contributed by atoms with Crippen LogP contribution in [0.15, 0.2) is 158 Å². The zero-order valence-electron chi connectivity index (χ0n) is 22.6. The summed E-state index contributed by atoms with van der Waals surface area (Å²) in [5, 5.41) is 0. The van der Waals surface area contributed by atoms with E-state index in [0.29, 0.717) is 0 Å². The molecule has 0 aromatic heterocycles. The van der Waals surface area contributed by atoms with Crippen LogP contribution in [0.1, 0.15) is 5.56 Å². The molecule has 0 heterocycles. The molecule has 6 aromatic carbocycles. The lowest BCUT2D eigenvalue weighted by molar-refractivity contribution is 1.28. The van der Waals surface area contributed by atoms with Crippen molar-refractivity contribution >= 4 is 28.4 Å². The summed E-state index contributed by atoms with van der Waals surface area (Å²) in [7, 11) is 0. The largest absolute Gasteiger partial charge is 0.399 e. The van der Waals surface area contributed by atoms with Crippen molar-refractivity contribution in [3.8, 4) is 22.3 Å². The van der Waals surface area contributed by atoms with Gasteiger partial charge in [0.25, 0.3) is 0 Å². The zero-order valence-corrected chi connectivity index (χ0v) is 22.6. The minimum atomic E-state index is 0.769. The van der Waals surface area contributed by atoms with Gasteiger partial charge >= 0.3 is 0 Å². The van der Waals surface area contributed by atoms with Gasteiger partial charge < -0.3 is 16.4 Å². The molecule has 0 radical (unpaired) electrons. The average molecular weight is 520 g/mol. The number of nitrogens with two attached hydrogens (primary N) is 2. The van der Waals surface area contributed by atoms with E-state index in [2.05, 4.69) is 115 Å². The van der Waals surface area contributed by atoms with Gasteiger partial charge in [-0.3, -0.25) is 0 Å². The molecule has 0 aliphatic rings. The molecule has 0 spiro atoms. The maximum Gasteiger partial charge on any atom is 0.0461 e. The number of benzene rings is 6. The second-order valence-electron chi connectivity index (χ2n) is 9.64. The van der Waals surface area contributed by atoms with Crippen molar-refractivity contribution in [1.82, 2.24) is 0 Å². The van der Waals surface area contributed by atoms with Gasteiger partial charge in [0.05, 0.1) is 0 Å². The predicted molar refractivity (Wildman–Crippen MR) is 172 cm³/mol. The monoisotopic (exact) mass is 519 g/mol. The summed E-state index contributed by atoms with van der Waals surface area (Å²) in [4.78, 5) is 2.25. The van der Waals surface area contributed by atoms with E-state index in [4.69, 9.17) is 11.5 Å². The van der Waals surface area contributed by atoms with E-state index in [-0.39, 0.29) is 0 Å². The molecule has 0 bridgehead atoms. The molecule has 3 nitrogen and oxygen atoms in total. The Balaban J connectivity index is 0.000000162. The summed E-state index contributed by atoms with van der Waals surface area (Å²) in [6.07, 6.45) is 0. The molecule has 0 fully saturated rings. The Kier molecular flexibility index (Phi) is 8.24. The van der Waals surface area contributed by atoms with E-state index in [9.17, 15) is 0 Å². The Morgan fingerprint density at radius 1 is 0.400 bits per heavy atom. The molecule has 0 aliphatic heterocycles. The fraction of sp³-hybridized carbons (Fsp3) is 0.0270. The summed E-state index contributed by atoms with van der Waals surface area (Å²) in [6, 6.07) is 53.7. The number of nitrogen functional groups attached to an aromatic ring is 2. The van der Waals surface area contributed by atoms with E-state index in [1.54, 1.807) is 0 Å². The molecule has 3 heteroatoms. The number of aryl methyl sites for hydroxylation is 1. The third-order valence-electron chi connectivity index (χ3n) is 6.64. The Hall–Kier alpha value is -5.28.